The van der Waals surface area contributed by atoms with E-state index in [1.807, 2.05) is 37.3 Å². The predicted octanol–water partition coefficient (Wildman–Crippen LogP) is 1.10. The van der Waals surface area contributed by atoms with Crippen LogP contribution in [-0.4, -0.2) is 40.3 Å². The summed E-state index contributed by atoms with van der Waals surface area (Å²) in [5.41, 5.74) is 1.61. The van der Waals surface area contributed by atoms with E-state index in [1.165, 1.54) is 11.6 Å². The lowest BCUT2D eigenvalue weighted by Crippen LogP contribution is -2.44. The number of hydrogen-bond acceptors (Lipinski definition) is 4. The molecule has 0 radical (unpaired) electrons. The van der Waals surface area contributed by atoms with Crippen LogP contribution in [0.1, 0.15) is 11.3 Å². The maximum absolute atomic E-state index is 12.6. The molecule has 0 aliphatic carbocycles. The first-order valence-electron chi connectivity index (χ1n) is 7.76. The molecule has 1 aliphatic rings. The zero-order valence-corrected chi connectivity index (χ0v) is 14.7. The van der Waals surface area contributed by atoms with Crippen LogP contribution in [0, 0.1) is 6.92 Å². The third-order valence-electron chi connectivity index (χ3n) is 4.31. The number of morpholine rings is 1. The molecule has 1 aromatic carbocycles. The number of hydrogen-bond donors (Lipinski definition) is 0. The molecule has 0 unspecified atom stereocenters. The molecule has 0 saturated carbocycles. The number of nitrogens with zero attached hydrogens (tertiary/aromatic N) is 3. The lowest BCUT2D eigenvalue weighted by atomic mass is 10.2. The van der Waals surface area contributed by atoms with Crippen molar-refractivity contribution in [3.05, 3.63) is 62.4 Å². The first-order valence-corrected chi connectivity index (χ1v) is 7.76. The quantitative estimate of drug-likeness (QED) is 0.831. The van der Waals surface area contributed by atoms with Crippen LogP contribution in [0.2, 0.25) is 0 Å². The molecule has 0 atom stereocenters. The molecule has 1 aromatic heterocycles. The number of para-hydroxylation sites is 1. The van der Waals surface area contributed by atoms with Gasteiger partial charge in [0.2, 0.25) is 0 Å². The molecule has 1 aliphatic heterocycles. The summed E-state index contributed by atoms with van der Waals surface area (Å²) < 4.78 is 8.15. The summed E-state index contributed by atoms with van der Waals surface area (Å²) in [5.74, 6) is 0. The first-order chi connectivity index (χ1) is 11.1. The normalized spacial score (nSPS) is 15.1. The summed E-state index contributed by atoms with van der Waals surface area (Å²) in [6.45, 7) is 5.33. The molecule has 2 heterocycles. The van der Waals surface area contributed by atoms with E-state index in [0.29, 0.717) is 31.0 Å². The van der Waals surface area contributed by atoms with E-state index in [-0.39, 0.29) is 23.7 Å². The van der Waals surface area contributed by atoms with Crippen molar-refractivity contribution in [2.45, 2.75) is 13.5 Å². The Balaban J connectivity index is 0.00000208. The van der Waals surface area contributed by atoms with Gasteiger partial charge in [-0.1, -0.05) is 18.2 Å². The maximum atomic E-state index is 12.6. The van der Waals surface area contributed by atoms with Crippen LogP contribution in [0.15, 0.2) is 39.9 Å². The van der Waals surface area contributed by atoms with Crippen molar-refractivity contribution in [1.82, 2.24) is 14.0 Å². The van der Waals surface area contributed by atoms with Gasteiger partial charge in [-0.15, -0.1) is 12.4 Å². The van der Waals surface area contributed by atoms with Crippen LogP contribution >= 0.6 is 12.4 Å². The molecule has 3 rings (SSSR count). The Kier molecular flexibility index (Phi) is 5.99. The van der Waals surface area contributed by atoms with E-state index in [4.69, 9.17) is 4.74 Å². The molecule has 6 nitrogen and oxygen atoms in total. The number of halogens is 1. The number of aromatic nitrogens is 2. The summed E-state index contributed by atoms with van der Waals surface area (Å²) in [5, 5.41) is 0. The Morgan fingerprint density at radius 2 is 1.71 bits per heavy atom. The molecule has 24 heavy (non-hydrogen) atoms. The van der Waals surface area contributed by atoms with Crippen LogP contribution in [0.25, 0.3) is 5.69 Å². The van der Waals surface area contributed by atoms with Gasteiger partial charge in [0.25, 0.3) is 5.56 Å². The average Bonchev–Trinajstić information content (AvgIpc) is 2.59. The highest BCUT2D eigenvalue weighted by Gasteiger charge is 2.19. The minimum absolute atomic E-state index is 0. The number of rotatable bonds is 3. The summed E-state index contributed by atoms with van der Waals surface area (Å²) in [7, 11) is 1.53. The summed E-state index contributed by atoms with van der Waals surface area (Å²) in [4.78, 5) is 27.3. The zero-order valence-electron chi connectivity index (χ0n) is 13.9. The van der Waals surface area contributed by atoms with Crippen LogP contribution < -0.4 is 11.2 Å². The predicted molar refractivity (Wildman–Crippen MR) is 95.4 cm³/mol. The average molecular weight is 352 g/mol. The number of ether oxygens (including phenoxy) is 1. The fourth-order valence-electron chi connectivity index (χ4n) is 2.92. The summed E-state index contributed by atoms with van der Waals surface area (Å²) in [6.07, 6.45) is 0. The smallest absolute Gasteiger partial charge is 0.335 e. The van der Waals surface area contributed by atoms with Crippen molar-refractivity contribution < 1.29 is 4.74 Å². The molecule has 0 amide bonds. The number of benzene rings is 1. The Hall–Kier alpha value is -1.89. The molecule has 7 heteroatoms. The molecular formula is C17H22ClN3O3. The van der Waals surface area contributed by atoms with Crippen LogP contribution in [-0.2, 0) is 18.3 Å². The van der Waals surface area contributed by atoms with E-state index < -0.39 is 0 Å². The van der Waals surface area contributed by atoms with E-state index in [9.17, 15) is 9.59 Å². The van der Waals surface area contributed by atoms with Gasteiger partial charge in [-0.05, 0) is 19.1 Å². The molecular weight excluding hydrogens is 330 g/mol. The van der Waals surface area contributed by atoms with E-state index in [0.717, 1.165) is 18.8 Å². The largest absolute Gasteiger partial charge is 0.379 e. The third kappa shape index (κ3) is 3.45. The molecule has 0 spiro atoms. The second-order valence-corrected chi connectivity index (χ2v) is 5.77. The van der Waals surface area contributed by atoms with Gasteiger partial charge < -0.3 is 4.74 Å². The fourth-order valence-corrected chi connectivity index (χ4v) is 2.92. The van der Waals surface area contributed by atoms with Crippen LogP contribution in [0.5, 0.6) is 0 Å². The zero-order chi connectivity index (χ0) is 16.4. The molecule has 0 bridgehead atoms. The SMILES string of the molecule is Cc1c(CN2CCOCC2)c(=O)n(C)c(=O)n1-c1ccccc1.Cl. The van der Waals surface area contributed by atoms with Crippen molar-refractivity contribution in [2.24, 2.45) is 7.05 Å². The van der Waals surface area contributed by atoms with Gasteiger partial charge in [-0.2, -0.15) is 0 Å². The van der Waals surface area contributed by atoms with Gasteiger partial charge in [-0.25, -0.2) is 4.79 Å². The van der Waals surface area contributed by atoms with Gasteiger partial charge in [0.05, 0.1) is 24.5 Å². The maximum Gasteiger partial charge on any atom is 0.335 e. The lowest BCUT2D eigenvalue weighted by molar-refractivity contribution is 0.0337. The van der Waals surface area contributed by atoms with Gasteiger partial charge in [0.1, 0.15) is 0 Å². The summed E-state index contributed by atoms with van der Waals surface area (Å²) >= 11 is 0. The van der Waals surface area contributed by atoms with E-state index in [2.05, 4.69) is 4.90 Å². The second kappa shape index (κ2) is 7.79. The van der Waals surface area contributed by atoms with Gasteiger partial charge >= 0.3 is 5.69 Å². The third-order valence-corrected chi connectivity index (χ3v) is 4.31. The second-order valence-electron chi connectivity index (χ2n) is 5.77. The molecule has 1 saturated heterocycles. The van der Waals surface area contributed by atoms with Crippen LogP contribution in [0.4, 0.5) is 0 Å². The van der Waals surface area contributed by atoms with Gasteiger partial charge in [0, 0.05) is 32.4 Å². The van der Waals surface area contributed by atoms with E-state index >= 15 is 0 Å². The van der Waals surface area contributed by atoms with Gasteiger partial charge in [-0.3, -0.25) is 18.8 Å². The van der Waals surface area contributed by atoms with Crippen LogP contribution in [0.3, 0.4) is 0 Å². The minimum Gasteiger partial charge on any atom is -0.379 e. The first kappa shape index (κ1) is 18.4. The Morgan fingerprint density at radius 1 is 1.08 bits per heavy atom. The van der Waals surface area contributed by atoms with Gasteiger partial charge in [0.15, 0.2) is 0 Å². The lowest BCUT2D eigenvalue weighted by Gasteiger charge is -2.27. The summed E-state index contributed by atoms with van der Waals surface area (Å²) in [6, 6.07) is 9.41. The molecule has 2 aromatic rings. The Bertz CT molecular complexity index is 808. The minimum atomic E-state index is -0.315. The highest BCUT2D eigenvalue weighted by molar-refractivity contribution is 5.85. The Morgan fingerprint density at radius 3 is 2.33 bits per heavy atom. The fraction of sp³-hybridized carbons (Fsp3) is 0.412. The molecule has 1 fully saturated rings. The molecule has 130 valence electrons. The van der Waals surface area contributed by atoms with Crippen molar-refractivity contribution in [2.75, 3.05) is 26.3 Å². The molecule has 0 N–H and O–H groups in total. The highest BCUT2D eigenvalue weighted by Crippen LogP contribution is 2.12. The topological polar surface area (TPSA) is 56.5 Å². The standard InChI is InChI=1S/C17H21N3O3.ClH/c1-13-15(12-19-8-10-23-11-9-19)16(21)18(2)17(22)20(13)14-6-4-3-5-7-14;/h3-7H,8-12H2,1-2H3;1H. The van der Waals surface area contributed by atoms with Crippen molar-refractivity contribution in [3.8, 4) is 5.69 Å². The van der Waals surface area contributed by atoms with E-state index in [1.54, 1.807) is 4.57 Å². The Labute approximate surface area is 146 Å². The monoisotopic (exact) mass is 351 g/mol. The van der Waals surface area contributed by atoms with Crippen molar-refractivity contribution in [3.63, 3.8) is 0 Å². The highest BCUT2D eigenvalue weighted by atomic mass is 35.5. The van der Waals surface area contributed by atoms with Crippen molar-refractivity contribution >= 4 is 12.4 Å². The van der Waals surface area contributed by atoms with Crippen molar-refractivity contribution in [1.29, 1.82) is 0 Å².